The number of carbonyl (C=O) groups excluding carboxylic acids is 3. The van der Waals surface area contributed by atoms with Crippen molar-refractivity contribution in [2.24, 2.45) is 11.7 Å². The molecule has 1 aromatic heterocycles. The molecule has 1 aromatic rings. The van der Waals surface area contributed by atoms with E-state index in [-0.39, 0.29) is 12.8 Å². The molecule has 1 rings (SSSR count). The molecule has 0 aliphatic rings. The van der Waals surface area contributed by atoms with Crippen LogP contribution in [0.3, 0.4) is 0 Å². The maximum Gasteiger partial charge on any atom is 0.326 e. The van der Waals surface area contributed by atoms with Crippen LogP contribution in [0.5, 0.6) is 0 Å². The number of nitrogens with one attached hydrogen (secondary N) is 4. The maximum absolute atomic E-state index is 13.2. The van der Waals surface area contributed by atoms with Gasteiger partial charge in [0.15, 0.2) is 0 Å². The van der Waals surface area contributed by atoms with E-state index in [2.05, 4.69) is 25.9 Å². The third kappa shape index (κ3) is 10.6. The quantitative estimate of drug-likeness (QED) is 0.137. The van der Waals surface area contributed by atoms with Crippen LogP contribution in [0.4, 0.5) is 0 Å². The van der Waals surface area contributed by atoms with Crippen LogP contribution in [-0.2, 0) is 30.4 Å². The number of carboxylic acid groups (broad SMARTS) is 2. The van der Waals surface area contributed by atoms with E-state index in [0.29, 0.717) is 24.3 Å². The van der Waals surface area contributed by atoms with E-state index >= 15 is 0 Å². The molecular formula is C22H36N6O7S. The molecule has 0 aliphatic heterocycles. The first-order chi connectivity index (χ1) is 17.0. The molecule has 0 bridgehead atoms. The summed E-state index contributed by atoms with van der Waals surface area (Å²) in [6, 6.07) is -4.57. The third-order valence-electron chi connectivity index (χ3n) is 5.64. The van der Waals surface area contributed by atoms with Crippen LogP contribution < -0.4 is 21.7 Å². The van der Waals surface area contributed by atoms with E-state index in [4.69, 9.17) is 10.8 Å². The second-order valence-electron chi connectivity index (χ2n) is 8.43. The predicted molar refractivity (Wildman–Crippen MR) is 133 cm³/mol. The van der Waals surface area contributed by atoms with Gasteiger partial charge in [-0.15, -0.1) is 0 Å². The fourth-order valence-electron chi connectivity index (χ4n) is 3.23. The van der Waals surface area contributed by atoms with E-state index in [0.717, 1.165) is 0 Å². The highest BCUT2D eigenvalue weighted by Crippen LogP contribution is 2.10. The highest BCUT2D eigenvalue weighted by molar-refractivity contribution is 7.98. The normalized spacial score (nSPS) is 15.1. The monoisotopic (exact) mass is 528 g/mol. The van der Waals surface area contributed by atoms with Crippen LogP contribution >= 0.6 is 11.8 Å². The first kappa shape index (κ1) is 30.9. The topological polar surface area (TPSA) is 217 Å². The zero-order chi connectivity index (χ0) is 27.3. The van der Waals surface area contributed by atoms with Crippen molar-refractivity contribution in [2.45, 2.75) is 70.1 Å². The SMILES string of the molecule is CCC(C)C(NC(=O)C(CCC(=O)O)NC(=O)C(Cc1cnc[nH]1)NC(=O)C(N)CCSC)C(=O)O. The lowest BCUT2D eigenvalue weighted by molar-refractivity contribution is -0.144. The molecule has 0 saturated heterocycles. The summed E-state index contributed by atoms with van der Waals surface area (Å²) in [7, 11) is 0. The second kappa shape index (κ2) is 15.8. The number of hydrogen-bond acceptors (Lipinski definition) is 8. The minimum atomic E-state index is -1.34. The van der Waals surface area contributed by atoms with Crippen molar-refractivity contribution in [2.75, 3.05) is 12.0 Å². The first-order valence-electron chi connectivity index (χ1n) is 11.6. The smallest absolute Gasteiger partial charge is 0.326 e. The molecule has 13 nitrogen and oxygen atoms in total. The Morgan fingerprint density at radius 3 is 2.22 bits per heavy atom. The highest BCUT2D eigenvalue weighted by Gasteiger charge is 2.32. The van der Waals surface area contributed by atoms with Gasteiger partial charge >= 0.3 is 11.9 Å². The molecule has 0 aliphatic carbocycles. The van der Waals surface area contributed by atoms with Gasteiger partial charge in [-0.3, -0.25) is 19.2 Å². The number of amides is 3. The summed E-state index contributed by atoms with van der Waals surface area (Å²) >= 11 is 1.52. The average Bonchev–Trinajstić information content (AvgIpc) is 3.34. The van der Waals surface area contributed by atoms with Crippen molar-refractivity contribution in [3.05, 3.63) is 18.2 Å². The summed E-state index contributed by atoms with van der Waals surface area (Å²) in [4.78, 5) is 68.1. The van der Waals surface area contributed by atoms with Gasteiger partial charge in [0.1, 0.15) is 18.1 Å². The number of nitrogens with zero attached hydrogens (tertiary/aromatic N) is 1. The summed E-state index contributed by atoms with van der Waals surface area (Å²) < 4.78 is 0. The number of aromatic amines is 1. The fraction of sp³-hybridized carbons (Fsp3) is 0.636. The number of H-pyrrole nitrogens is 1. The Balaban J connectivity index is 3.08. The maximum atomic E-state index is 13.2. The molecule has 14 heteroatoms. The van der Waals surface area contributed by atoms with Crippen molar-refractivity contribution < 1.29 is 34.2 Å². The van der Waals surface area contributed by atoms with Gasteiger partial charge < -0.3 is 36.9 Å². The van der Waals surface area contributed by atoms with E-state index in [1.165, 1.54) is 24.3 Å². The van der Waals surface area contributed by atoms with Crippen molar-refractivity contribution >= 4 is 41.4 Å². The number of rotatable bonds is 17. The molecule has 3 amide bonds. The molecule has 0 fully saturated rings. The molecule has 36 heavy (non-hydrogen) atoms. The van der Waals surface area contributed by atoms with E-state index in [9.17, 15) is 29.1 Å². The predicted octanol–water partition coefficient (Wildman–Crippen LogP) is -0.517. The number of imidazole rings is 1. The first-order valence-corrected chi connectivity index (χ1v) is 13.0. The fourth-order valence-corrected chi connectivity index (χ4v) is 3.72. The summed E-state index contributed by atoms with van der Waals surface area (Å²) in [6.07, 6.45) is 4.88. The number of aliphatic carboxylic acids is 2. The van der Waals surface area contributed by atoms with Gasteiger partial charge in [0.2, 0.25) is 17.7 Å². The van der Waals surface area contributed by atoms with Gasteiger partial charge in [0, 0.05) is 24.7 Å². The molecule has 8 N–H and O–H groups in total. The van der Waals surface area contributed by atoms with Crippen LogP contribution in [0.15, 0.2) is 12.5 Å². The summed E-state index contributed by atoms with van der Waals surface area (Å²) in [6.45, 7) is 3.42. The zero-order valence-electron chi connectivity index (χ0n) is 20.7. The molecular weight excluding hydrogens is 492 g/mol. The number of thioether (sulfide) groups is 1. The van der Waals surface area contributed by atoms with Gasteiger partial charge in [-0.05, 0) is 30.8 Å². The molecule has 5 atom stereocenters. The molecule has 0 aromatic carbocycles. The summed E-state index contributed by atoms with van der Waals surface area (Å²) in [5.74, 6) is -4.35. The molecule has 0 radical (unpaired) electrons. The van der Waals surface area contributed by atoms with Crippen molar-refractivity contribution in [3.8, 4) is 0 Å². The van der Waals surface area contributed by atoms with Crippen LogP contribution in [0.25, 0.3) is 0 Å². The molecule has 1 heterocycles. The molecule has 0 saturated carbocycles. The van der Waals surface area contributed by atoms with E-state index in [1.54, 1.807) is 13.8 Å². The van der Waals surface area contributed by atoms with Crippen LogP contribution in [0, 0.1) is 5.92 Å². The Kier molecular flexibility index (Phi) is 13.5. The largest absolute Gasteiger partial charge is 0.481 e. The Morgan fingerprint density at radius 1 is 1.06 bits per heavy atom. The van der Waals surface area contributed by atoms with Crippen molar-refractivity contribution in [3.63, 3.8) is 0 Å². The lowest BCUT2D eigenvalue weighted by Crippen LogP contribution is -2.58. The number of nitrogens with two attached hydrogens (primary N) is 1. The summed E-state index contributed by atoms with van der Waals surface area (Å²) in [5.41, 5.74) is 6.45. The Bertz CT molecular complexity index is 882. The Hall–Kier alpha value is -3.13. The Morgan fingerprint density at radius 2 is 1.69 bits per heavy atom. The van der Waals surface area contributed by atoms with Crippen molar-refractivity contribution in [1.29, 1.82) is 0 Å². The number of hydrogen-bond donors (Lipinski definition) is 7. The van der Waals surface area contributed by atoms with Crippen molar-refractivity contribution in [1.82, 2.24) is 25.9 Å². The second-order valence-corrected chi connectivity index (χ2v) is 9.42. The third-order valence-corrected chi connectivity index (χ3v) is 6.28. The Labute approximate surface area is 213 Å². The van der Waals surface area contributed by atoms with E-state index in [1.807, 2.05) is 6.26 Å². The molecule has 0 spiro atoms. The van der Waals surface area contributed by atoms with Crippen LogP contribution in [-0.4, -0.2) is 86.0 Å². The minimum Gasteiger partial charge on any atom is -0.481 e. The minimum absolute atomic E-state index is 0.00467. The average molecular weight is 529 g/mol. The zero-order valence-corrected chi connectivity index (χ0v) is 21.5. The molecule has 5 unspecified atom stereocenters. The molecule has 202 valence electrons. The van der Waals surface area contributed by atoms with Gasteiger partial charge in [0.25, 0.3) is 0 Å². The van der Waals surface area contributed by atoms with Gasteiger partial charge in [-0.2, -0.15) is 11.8 Å². The summed E-state index contributed by atoms with van der Waals surface area (Å²) in [5, 5.41) is 26.0. The lowest BCUT2D eigenvalue weighted by Gasteiger charge is -2.26. The number of carboxylic acids is 2. The lowest BCUT2D eigenvalue weighted by atomic mass is 9.98. The van der Waals surface area contributed by atoms with Crippen LogP contribution in [0.1, 0.15) is 45.2 Å². The number of aromatic nitrogens is 2. The highest BCUT2D eigenvalue weighted by atomic mass is 32.2. The van der Waals surface area contributed by atoms with Gasteiger partial charge in [-0.25, -0.2) is 9.78 Å². The van der Waals surface area contributed by atoms with Gasteiger partial charge in [-0.1, -0.05) is 20.3 Å². The van der Waals surface area contributed by atoms with E-state index < -0.39 is 66.2 Å². The van der Waals surface area contributed by atoms with Gasteiger partial charge in [0.05, 0.1) is 12.4 Å². The van der Waals surface area contributed by atoms with Crippen LogP contribution in [0.2, 0.25) is 0 Å². The number of carbonyl (C=O) groups is 5. The standard InChI is InChI=1S/C22H36N6O7S/c1-4-12(2)18(22(34)35)28-20(32)15(5-6-17(29)30)26-21(33)16(9-13-10-24-11-25-13)27-19(31)14(23)7-8-36-3/h10-12,14-16,18H,4-9,23H2,1-3H3,(H,24,25)(H,26,33)(H,27,31)(H,28,32)(H,29,30)(H,34,35).